The summed E-state index contributed by atoms with van der Waals surface area (Å²) < 4.78 is 27.2. The Kier molecular flexibility index (Phi) is 4.55. The van der Waals surface area contributed by atoms with Crippen LogP contribution in [-0.2, 0) is 29.5 Å². The predicted octanol–water partition coefficient (Wildman–Crippen LogP) is 4.04. The van der Waals surface area contributed by atoms with Crippen molar-refractivity contribution in [2.75, 3.05) is 0 Å². The number of nitrogens with zero attached hydrogens (tertiary/aromatic N) is 1. The summed E-state index contributed by atoms with van der Waals surface area (Å²) in [6.07, 6.45) is 3.41. The van der Waals surface area contributed by atoms with Gasteiger partial charge in [-0.2, -0.15) is 4.31 Å². The molecule has 0 spiro atoms. The third-order valence-corrected chi connectivity index (χ3v) is 6.25. The van der Waals surface area contributed by atoms with Crippen LogP contribution in [0.3, 0.4) is 0 Å². The molecule has 2 aromatic rings. The van der Waals surface area contributed by atoms with E-state index in [9.17, 15) is 8.42 Å². The van der Waals surface area contributed by atoms with Crippen LogP contribution in [0, 0.1) is 6.92 Å². The second kappa shape index (κ2) is 6.46. The first-order chi connectivity index (χ1) is 11.0. The highest BCUT2D eigenvalue weighted by atomic mass is 32.2. The molecule has 0 amide bonds. The minimum atomic E-state index is -3.42. The fourth-order valence-electron chi connectivity index (χ4n) is 2.98. The first kappa shape index (κ1) is 16.2. The zero-order valence-electron chi connectivity index (χ0n) is 13.7. The van der Waals surface area contributed by atoms with Gasteiger partial charge in [0, 0.05) is 13.1 Å². The molecular weight excluding hydrogens is 306 g/mol. The Hall–Kier alpha value is -1.65. The van der Waals surface area contributed by atoms with Crippen LogP contribution in [0.2, 0.25) is 0 Å². The highest BCUT2D eigenvalue weighted by molar-refractivity contribution is 7.89. The van der Waals surface area contributed by atoms with E-state index in [1.54, 1.807) is 16.4 Å². The molecule has 0 bridgehead atoms. The van der Waals surface area contributed by atoms with Crippen LogP contribution in [0.15, 0.2) is 47.4 Å². The van der Waals surface area contributed by atoms with Gasteiger partial charge in [0.1, 0.15) is 0 Å². The maximum absolute atomic E-state index is 12.8. The Morgan fingerprint density at radius 3 is 2.39 bits per heavy atom. The van der Waals surface area contributed by atoms with Crippen molar-refractivity contribution < 1.29 is 8.42 Å². The van der Waals surface area contributed by atoms with E-state index >= 15 is 0 Å². The van der Waals surface area contributed by atoms with Crippen LogP contribution in [0.25, 0.3) is 0 Å². The lowest BCUT2D eigenvalue weighted by molar-refractivity contribution is 0.431. The van der Waals surface area contributed by atoms with Gasteiger partial charge in [0.2, 0.25) is 10.0 Å². The van der Waals surface area contributed by atoms with Gasteiger partial charge in [-0.25, -0.2) is 8.42 Å². The summed E-state index contributed by atoms with van der Waals surface area (Å²) in [5.74, 6) is 0. The first-order valence-corrected chi connectivity index (χ1v) is 9.62. The fraction of sp³-hybridized carbons (Fsp3) is 0.368. The summed E-state index contributed by atoms with van der Waals surface area (Å²) in [7, 11) is -3.42. The number of fused-ring (bicyclic) bond motifs is 1. The first-order valence-electron chi connectivity index (χ1n) is 8.18. The van der Waals surface area contributed by atoms with Crippen molar-refractivity contribution in [3.05, 3.63) is 64.7 Å². The highest BCUT2D eigenvalue weighted by Crippen LogP contribution is 2.29. The largest absolute Gasteiger partial charge is 0.243 e. The number of aryl methyl sites for hydroxylation is 2. The van der Waals surface area contributed by atoms with Gasteiger partial charge >= 0.3 is 0 Å². The smallest absolute Gasteiger partial charge is 0.207 e. The van der Waals surface area contributed by atoms with Crippen LogP contribution >= 0.6 is 0 Å². The molecule has 0 fully saturated rings. The van der Waals surface area contributed by atoms with E-state index in [1.165, 1.54) is 18.4 Å². The molecule has 0 aromatic heterocycles. The van der Waals surface area contributed by atoms with Gasteiger partial charge in [0.15, 0.2) is 0 Å². The molecule has 0 radical (unpaired) electrons. The molecule has 1 aliphatic heterocycles. The van der Waals surface area contributed by atoms with Gasteiger partial charge in [0.25, 0.3) is 0 Å². The van der Waals surface area contributed by atoms with Crippen molar-refractivity contribution in [2.45, 2.75) is 51.1 Å². The van der Waals surface area contributed by atoms with Crippen LogP contribution in [0.5, 0.6) is 0 Å². The second-order valence-corrected chi connectivity index (χ2v) is 8.23. The predicted molar refractivity (Wildman–Crippen MR) is 92.7 cm³/mol. The number of unbranched alkanes of at least 4 members (excludes halogenated alkanes) is 1. The zero-order valence-corrected chi connectivity index (χ0v) is 14.6. The summed E-state index contributed by atoms with van der Waals surface area (Å²) in [4.78, 5) is 0.377. The SMILES string of the molecule is CCCCc1ccc2c(c1)CN(S(=O)(=O)c1ccc(C)cc1)C2. The van der Waals surface area contributed by atoms with Crippen molar-refractivity contribution in [1.82, 2.24) is 4.31 Å². The van der Waals surface area contributed by atoms with Gasteiger partial charge < -0.3 is 0 Å². The standard InChI is InChI=1S/C19H23NO2S/c1-3-4-5-16-8-9-17-13-20(14-18(17)12-16)23(21,22)19-10-6-15(2)7-11-19/h6-12H,3-5,13-14H2,1-2H3. The molecule has 0 N–H and O–H groups in total. The normalized spacial score (nSPS) is 14.9. The molecule has 4 heteroatoms. The minimum absolute atomic E-state index is 0.377. The summed E-state index contributed by atoms with van der Waals surface area (Å²) >= 11 is 0. The molecular formula is C19H23NO2S. The lowest BCUT2D eigenvalue weighted by Gasteiger charge is -2.15. The second-order valence-electron chi connectivity index (χ2n) is 6.29. The van der Waals surface area contributed by atoms with Crippen molar-refractivity contribution in [3.63, 3.8) is 0 Å². The van der Waals surface area contributed by atoms with E-state index < -0.39 is 10.0 Å². The number of benzene rings is 2. The monoisotopic (exact) mass is 329 g/mol. The molecule has 3 nitrogen and oxygen atoms in total. The average molecular weight is 329 g/mol. The van der Waals surface area contributed by atoms with Gasteiger partial charge in [0.05, 0.1) is 4.90 Å². The molecule has 2 aromatic carbocycles. The number of rotatable bonds is 5. The van der Waals surface area contributed by atoms with Gasteiger partial charge in [-0.1, -0.05) is 49.2 Å². The summed E-state index contributed by atoms with van der Waals surface area (Å²) in [6.45, 7) is 5.09. The van der Waals surface area contributed by atoms with Crippen LogP contribution in [0.1, 0.15) is 42.0 Å². The maximum atomic E-state index is 12.8. The van der Waals surface area contributed by atoms with Gasteiger partial charge in [-0.3, -0.25) is 0 Å². The average Bonchev–Trinajstić information content (AvgIpc) is 2.97. The molecule has 0 saturated heterocycles. The van der Waals surface area contributed by atoms with Crippen LogP contribution < -0.4 is 0 Å². The number of hydrogen-bond donors (Lipinski definition) is 0. The van der Waals surface area contributed by atoms with Crippen molar-refractivity contribution in [2.24, 2.45) is 0 Å². The van der Waals surface area contributed by atoms with E-state index in [4.69, 9.17) is 0 Å². The van der Waals surface area contributed by atoms with Crippen molar-refractivity contribution in [1.29, 1.82) is 0 Å². The Morgan fingerprint density at radius 2 is 1.70 bits per heavy atom. The highest BCUT2D eigenvalue weighted by Gasteiger charge is 2.30. The topological polar surface area (TPSA) is 37.4 Å². The molecule has 0 unspecified atom stereocenters. The summed E-state index contributed by atoms with van der Waals surface area (Å²) in [5, 5.41) is 0. The van der Waals surface area contributed by atoms with E-state index in [0.29, 0.717) is 18.0 Å². The molecule has 3 rings (SSSR count). The Bertz CT molecular complexity index is 795. The molecule has 122 valence electrons. The van der Waals surface area contributed by atoms with Crippen LogP contribution in [0.4, 0.5) is 0 Å². The Balaban J connectivity index is 1.82. The molecule has 23 heavy (non-hydrogen) atoms. The van der Waals surface area contributed by atoms with Gasteiger partial charge in [-0.05, 0) is 48.6 Å². The quantitative estimate of drug-likeness (QED) is 0.830. The third-order valence-electron chi connectivity index (χ3n) is 4.44. The van der Waals surface area contributed by atoms with Gasteiger partial charge in [-0.15, -0.1) is 0 Å². The zero-order chi connectivity index (χ0) is 16.4. The maximum Gasteiger partial charge on any atom is 0.243 e. The van der Waals surface area contributed by atoms with Crippen LogP contribution in [-0.4, -0.2) is 12.7 Å². The minimum Gasteiger partial charge on any atom is -0.207 e. The number of hydrogen-bond acceptors (Lipinski definition) is 2. The van der Waals surface area contributed by atoms with Crippen molar-refractivity contribution >= 4 is 10.0 Å². The van der Waals surface area contributed by atoms with E-state index in [0.717, 1.165) is 23.1 Å². The number of sulfonamides is 1. The fourth-order valence-corrected chi connectivity index (χ4v) is 4.38. The summed E-state index contributed by atoms with van der Waals surface area (Å²) in [5.41, 5.74) is 4.64. The molecule has 0 aliphatic carbocycles. The van der Waals surface area contributed by atoms with E-state index in [-0.39, 0.29) is 0 Å². The molecule has 0 saturated carbocycles. The molecule has 1 heterocycles. The van der Waals surface area contributed by atoms with E-state index in [1.807, 2.05) is 19.1 Å². The lowest BCUT2D eigenvalue weighted by Crippen LogP contribution is -2.25. The lowest BCUT2D eigenvalue weighted by atomic mass is 10.0. The third kappa shape index (κ3) is 3.33. The molecule has 1 aliphatic rings. The van der Waals surface area contributed by atoms with E-state index in [2.05, 4.69) is 25.1 Å². The Morgan fingerprint density at radius 1 is 1.00 bits per heavy atom. The summed E-state index contributed by atoms with van der Waals surface area (Å²) in [6, 6.07) is 13.5. The molecule has 0 atom stereocenters. The van der Waals surface area contributed by atoms with Crippen molar-refractivity contribution in [3.8, 4) is 0 Å². The Labute approximate surface area is 139 Å².